The van der Waals surface area contributed by atoms with E-state index in [0.717, 1.165) is 33.8 Å². The minimum Gasteiger partial charge on any atom is -0.352 e. The Hall–Kier alpha value is -2.37. The van der Waals surface area contributed by atoms with Crippen molar-refractivity contribution in [1.29, 1.82) is 0 Å². The molecule has 0 aliphatic carbocycles. The van der Waals surface area contributed by atoms with Gasteiger partial charge in [-0.25, -0.2) is 0 Å². The highest BCUT2D eigenvalue weighted by molar-refractivity contribution is 7.80. The Bertz CT molecular complexity index is 1060. The molecule has 1 fully saturated rings. The lowest BCUT2D eigenvalue weighted by molar-refractivity contribution is 0.287. The molecule has 2 aromatic heterocycles. The Balaban J connectivity index is 1.85. The van der Waals surface area contributed by atoms with Gasteiger partial charge in [0.2, 0.25) is 0 Å². The summed E-state index contributed by atoms with van der Waals surface area (Å²) in [5.74, 6) is 0.488. The number of aromatic nitrogens is 2. The summed E-state index contributed by atoms with van der Waals surface area (Å²) in [6.45, 7) is 9.62. The van der Waals surface area contributed by atoms with Crippen LogP contribution in [-0.2, 0) is 0 Å². The Morgan fingerprint density at radius 3 is 2.53 bits per heavy atom. The smallest absolute Gasteiger partial charge is 0.170 e. The second-order valence-corrected chi connectivity index (χ2v) is 9.08. The molecule has 30 heavy (non-hydrogen) atoms. The number of rotatable bonds is 5. The van der Waals surface area contributed by atoms with Crippen LogP contribution in [0.15, 0.2) is 54.7 Å². The summed E-state index contributed by atoms with van der Waals surface area (Å²) in [6.07, 6.45) is 1.84. The number of aryl methyl sites for hydroxylation is 1. The van der Waals surface area contributed by atoms with Crippen LogP contribution in [0.4, 0.5) is 0 Å². The van der Waals surface area contributed by atoms with Gasteiger partial charge in [0.1, 0.15) is 0 Å². The molecule has 156 valence electrons. The summed E-state index contributed by atoms with van der Waals surface area (Å²) in [4.78, 5) is 6.96. The predicted molar refractivity (Wildman–Crippen MR) is 127 cm³/mol. The minimum absolute atomic E-state index is 0.00218. The second kappa shape index (κ2) is 8.40. The summed E-state index contributed by atoms with van der Waals surface area (Å²) in [6, 6.07) is 16.4. The first-order valence-corrected chi connectivity index (χ1v) is 11.1. The van der Waals surface area contributed by atoms with Crippen molar-refractivity contribution in [2.75, 3.05) is 6.54 Å². The number of halogens is 1. The number of nitrogens with zero attached hydrogens (tertiary/aromatic N) is 3. The van der Waals surface area contributed by atoms with Gasteiger partial charge < -0.3 is 14.8 Å². The van der Waals surface area contributed by atoms with Crippen LogP contribution in [0.25, 0.3) is 5.69 Å². The van der Waals surface area contributed by atoms with Crippen LogP contribution in [0.2, 0.25) is 5.02 Å². The number of nitrogens with one attached hydrogen (secondary N) is 1. The molecule has 2 atom stereocenters. The highest BCUT2D eigenvalue weighted by atomic mass is 35.5. The molecule has 3 heterocycles. The Morgan fingerprint density at radius 1 is 1.13 bits per heavy atom. The highest BCUT2D eigenvalue weighted by Gasteiger charge is 2.41. The molecule has 1 N–H and O–H groups in total. The van der Waals surface area contributed by atoms with Crippen LogP contribution in [0.5, 0.6) is 0 Å². The molecule has 4 nitrogen and oxygen atoms in total. The lowest BCUT2D eigenvalue weighted by atomic mass is 9.96. The molecule has 1 saturated heterocycles. The molecular formula is C24H27ClN4S. The van der Waals surface area contributed by atoms with Crippen molar-refractivity contribution < 1.29 is 0 Å². The molecule has 0 bridgehead atoms. The van der Waals surface area contributed by atoms with Crippen molar-refractivity contribution in [3.05, 3.63) is 82.4 Å². The zero-order chi connectivity index (χ0) is 21.4. The third-order valence-corrected chi connectivity index (χ3v) is 6.31. The van der Waals surface area contributed by atoms with Gasteiger partial charge in [-0.1, -0.05) is 43.6 Å². The van der Waals surface area contributed by atoms with Crippen LogP contribution in [0.1, 0.15) is 48.6 Å². The van der Waals surface area contributed by atoms with E-state index in [-0.39, 0.29) is 12.1 Å². The normalized spacial score (nSPS) is 18.9. The fourth-order valence-corrected chi connectivity index (χ4v) is 4.96. The Morgan fingerprint density at radius 2 is 1.87 bits per heavy atom. The molecule has 6 heteroatoms. The molecule has 0 unspecified atom stereocenters. The summed E-state index contributed by atoms with van der Waals surface area (Å²) >= 11 is 12.3. The summed E-state index contributed by atoms with van der Waals surface area (Å²) in [5, 5.41) is 5.07. The lowest BCUT2D eigenvalue weighted by Crippen LogP contribution is -2.33. The van der Waals surface area contributed by atoms with E-state index in [1.165, 1.54) is 11.3 Å². The van der Waals surface area contributed by atoms with E-state index in [1.807, 2.05) is 36.5 Å². The van der Waals surface area contributed by atoms with E-state index < -0.39 is 0 Å². The summed E-state index contributed by atoms with van der Waals surface area (Å²) < 4.78 is 2.24. The largest absolute Gasteiger partial charge is 0.352 e. The van der Waals surface area contributed by atoms with E-state index in [9.17, 15) is 0 Å². The molecule has 1 aliphatic heterocycles. The van der Waals surface area contributed by atoms with Crippen molar-refractivity contribution in [2.45, 2.75) is 39.8 Å². The first-order chi connectivity index (χ1) is 14.4. The van der Waals surface area contributed by atoms with E-state index >= 15 is 0 Å². The third kappa shape index (κ3) is 3.72. The van der Waals surface area contributed by atoms with Gasteiger partial charge in [-0.15, -0.1) is 0 Å². The number of pyridine rings is 1. The second-order valence-electron chi connectivity index (χ2n) is 8.29. The average Bonchev–Trinajstić information content (AvgIpc) is 3.18. The number of para-hydroxylation sites is 1. The quantitative estimate of drug-likeness (QED) is 0.512. The molecule has 4 rings (SSSR count). The topological polar surface area (TPSA) is 33.1 Å². The zero-order valence-corrected chi connectivity index (χ0v) is 19.3. The number of benzene rings is 1. The van der Waals surface area contributed by atoms with Crippen LogP contribution < -0.4 is 5.32 Å². The van der Waals surface area contributed by atoms with Gasteiger partial charge in [0, 0.05) is 24.1 Å². The minimum atomic E-state index is -0.00218. The fraction of sp³-hybridized carbons (Fsp3) is 0.333. The maximum atomic E-state index is 6.54. The van der Waals surface area contributed by atoms with Gasteiger partial charge in [0.15, 0.2) is 5.11 Å². The summed E-state index contributed by atoms with van der Waals surface area (Å²) in [7, 11) is 0. The fourth-order valence-electron chi connectivity index (χ4n) is 4.42. The standard InChI is InChI=1S/C24H27ClN4S/c1-15(2)14-28-23(22(27-24(28)30)20-10-7-8-12-26-20)18-13-16(3)29(17(18)4)21-11-6-5-9-19(21)25/h5-13,15,22-23H,14H2,1-4H3,(H,27,30)/t22-,23+/m1/s1. The molecule has 1 aliphatic rings. The van der Waals surface area contributed by atoms with Crippen LogP contribution in [0, 0.1) is 19.8 Å². The third-order valence-electron chi connectivity index (χ3n) is 5.64. The molecule has 0 spiro atoms. The maximum absolute atomic E-state index is 6.54. The van der Waals surface area contributed by atoms with Crippen molar-refractivity contribution in [1.82, 2.24) is 19.8 Å². The number of hydrogen-bond acceptors (Lipinski definition) is 2. The monoisotopic (exact) mass is 438 g/mol. The van der Waals surface area contributed by atoms with Crippen LogP contribution >= 0.6 is 23.8 Å². The summed E-state index contributed by atoms with van der Waals surface area (Å²) in [5.41, 5.74) is 5.57. The number of thiocarbonyl (C=S) groups is 1. The van der Waals surface area contributed by atoms with Gasteiger partial charge in [0.25, 0.3) is 0 Å². The van der Waals surface area contributed by atoms with E-state index in [2.05, 4.69) is 65.7 Å². The zero-order valence-electron chi connectivity index (χ0n) is 17.8. The van der Waals surface area contributed by atoms with Crippen LogP contribution in [-0.4, -0.2) is 26.1 Å². The van der Waals surface area contributed by atoms with Gasteiger partial charge in [-0.2, -0.15) is 0 Å². The van der Waals surface area contributed by atoms with Gasteiger partial charge in [-0.3, -0.25) is 4.98 Å². The number of hydrogen-bond donors (Lipinski definition) is 1. The maximum Gasteiger partial charge on any atom is 0.170 e. The van der Waals surface area contributed by atoms with Crippen molar-refractivity contribution in [3.63, 3.8) is 0 Å². The van der Waals surface area contributed by atoms with E-state index in [0.29, 0.717) is 5.92 Å². The van der Waals surface area contributed by atoms with E-state index in [1.54, 1.807) is 0 Å². The molecule has 0 amide bonds. The molecule has 0 saturated carbocycles. The lowest BCUT2D eigenvalue weighted by Gasteiger charge is -2.29. The SMILES string of the molecule is Cc1cc([C@H]2[C@@H](c3ccccn3)NC(=S)N2CC(C)C)c(C)n1-c1ccccc1Cl. The molecule has 0 radical (unpaired) electrons. The highest BCUT2D eigenvalue weighted by Crippen LogP contribution is 2.42. The van der Waals surface area contributed by atoms with Gasteiger partial charge >= 0.3 is 0 Å². The predicted octanol–water partition coefficient (Wildman–Crippen LogP) is 5.77. The first kappa shape index (κ1) is 20.9. The van der Waals surface area contributed by atoms with Crippen molar-refractivity contribution >= 4 is 28.9 Å². The molecule has 1 aromatic carbocycles. The Kier molecular flexibility index (Phi) is 5.85. The molecular weight excluding hydrogens is 412 g/mol. The van der Waals surface area contributed by atoms with Crippen molar-refractivity contribution in [3.8, 4) is 5.69 Å². The first-order valence-electron chi connectivity index (χ1n) is 10.3. The molecule has 3 aromatic rings. The van der Waals surface area contributed by atoms with Crippen molar-refractivity contribution in [2.24, 2.45) is 5.92 Å². The van der Waals surface area contributed by atoms with Gasteiger partial charge in [0.05, 0.1) is 28.5 Å². The average molecular weight is 439 g/mol. The Labute approximate surface area is 188 Å². The van der Waals surface area contributed by atoms with E-state index in [4.69, 9.17) is 23.8 Å². The van der Waals surface area contributed by atoms with Crippen LogP contribution in [0.3, 0.4) is 0 Å². The van der Waals surface area contributed by atoms with Gasteiger partial charge in [-0.05, 0) is 67.9 Å².